The van der Waals surface area contributed by atoms with Crippen molar-refractivity contribution in [1.29, 1.82) is 0 Å². The van der Waals surface area contributed by atoms with E-state index < -0.39 is 10.0 Å². The molecule has 7 nitrogen and oxygen atoms in total. The normalized spacial score (nSPS) is 11.3. The minimum Gasteiger partial charge on any atom is -0.481 e. The maximum absolute atomic E-state index is 13.0. The highest BCUT2D eigenvalue weighted by molar-refractivity contribution is 7.93. The van der Waals surface area contributed by atoms with E-state index in [9.17, 15) is 8.42 Å². The molecule has 8 heteroatoms. The van der Waals surface area contributed by atoms with E-state index in [0.717, 1.165) is 5.39 Å². The molecule has 0 aliphatic heterocycles. The summed E-state index contributed by atoms with van der Waals surface area (Å²) in [5, 5.41) is 1.53. The Bertz CT molecular complexity index is 1280. The van der Waals surface area contributed by atoms with E-state index in [4.69, 9.17) is 9.47 Å². The fraction of sp³-hybridized carbons (Fsp3) is 0.0909. The van der Waals surface area contributed by atoms with Crippen molar-refractivity contribution in [2.45, 2.75) is 4.90 Å². The molecule has 0 atom stereocenters. The van der Waals surface area contributed by atoms with Crippen LogP contribution in [0.15, 0.2) is 77.7 Å². The first-order valence-corrected chi connectivity index (χ1v) is 10.6. The second-order valence-corrected chi connectivity index (χ2v) is 8.09. The van der Waals surface area contributed by atoms with Crippen LogP contribution in [0.5, 0.6) is 11.8 Å². The van der Waals surface area contributed by atoms with Crippen LogP contribution in [0.2, 0.25) is 0 Å². The second kappa shape index (κ2) is 8.00. The highest BCUT2D eigenvalue weighted by atomic mass is 32.2. The molecule has 0 aliphatic rings. The molecule has 0 fully saturated rings. The van der Waals surface area contributed by atoms with Gasteiger partial charge in [-0.25, -0.2) is 8.42 Å². The average Bonchev–Trinajstić information content (AvgIpc) is 2.78. The van der Waals surface area contributed by atoms with E-state index in [0.29, 0.717) is 34.2 Å². The van der Waals surface area contributed by atoms with Gasteiger partial charge in [-0.15, -0.1) is 0 Å². The summed E-state index contributed by atoms with van der Waals surface area (Å²) in [5.41, 5.74) is 1.13. The summed E-state index contributed by atoms with van der Waals surface area (Å²) in [6.07, 6.45) is 0. The Hall–Kier alpha value is -3.65. The molecule has 152 valence electrons. The molecular weight excluding hydrogens is 402 g/mol. The van der Waals surface area contributed by atoms with Gasteiger partial charge in [-0.2, -0.15) is 9.97 Å². The number of hydrogen-bond donors (Lipinski definition) is 1. The standard InChI is InChI=1S/C22H19N3O4S/c1-28-20-14-21(29-2)24-22(23-20)16-10-12-17(13-11-16)25-30(26,27)19-9-5-7-15-6-3-4-8-18(15)19/h3-14,25H,1-2H3. The molecule has 0 spiro atoms. The number of nitrogens with one attached hydrogen (secondary N) is 1. The number of anilines is 1. The lowest BCUT2D eigenvalue weighted by molar-refractivity contribution is 0.372. The molecule has 3 aromatic carbocycles. The zero-order chi connectivity index (χ0) is 21.1. The summed E-state index contributed by atoms with van der Waals surface area (Å²) >= 11 is 0. The number of hydrogen-bond acceptors (Lipinski definition) is 6. The van der Waals surface area contributed by atoms with Crippen LogP contribution in [-0.4, -0.2) is 32.6 Å². The first-order valence-electron chi connectivity index (χ1n) is 9.08. The van der Waals surface area contributed by atoms with Crippen LogP contribution in [0, 0.1) is 0 Å². The Morgan fingerprint density at radius 2 is 1.43 bits per heavy atom. The predicted octanol–water partition coefficient (Wildman–Crippen LogP) is 4.11. The van der Waals surface area contributed by atoms with Crippen LogP contribution < -0.4 is 14.2 Å². The molecule has 0 unspecified atom stereocenters. The third-order valence-corrected chi connectivity index (χ3v) is 5.97. The van der Waals surface area contributed by atoms with Gasteiger partial charge in [-0.05, 0) is 35.7 Å². The second-order valence-electron chi connectivity index (χ2n) is 6.44. The molecule has 4 rings (SSSR count). The van der Waals surface area contributed by atoms with Gasteiger partial charge in [0.15, 0.2) is 5.82 Å². The quantitative estimate of drug-likeness (QED) is 0.504. The number of sulfonamides is 1. The Labute approximate surface area is 174 Å². The van der Waals surface area contributed by atoms with Crippen molar-refractivity contribution >= 4 is 26.5 Å². The molecule has 0 radical (unpaired) electrons. The van der Waals surface area contributed by atoms with Crippen molar-refractivity contribution in [1.82, 2.24) is 9.97 Å². The third kappa shape index (κ3) is 3.90. The molecule has 30 heavy (non-hydrogen) atoms. The van der Waals surface area contributed by atoms with Crippen molar-refractivity contribution in [2.24, 2.45) is 0 Å². The van der Waals surface area contributed by atoms with Gasteiger partial charge >= 0.3 is 0 Å². The molecule has 1 aromatic heterocycles. The number of benzene rings is 3. The molecule has 0 saturated carbocycles. The molecular formula is C22H19N3O4S. The molecule has 1 heterocycles. The molecule has 0 aliphatic carbocycles. The zero-order valence-corrected chi connectivity index (χ0v) is 17.2. The Morgan fingerprint density at radius 1 is 0.800 bits per heavy atom. The summed E-state index contributed by atoms with van der Waals surface area (Å²) in [5.74, 6) is 1.16. The van der Waals surface area contributed by atoms with Crippen molar-refractivity contribution in [2.75, 3.05) is 18.9 Å². The minimum atomic E-state index is -3.76. The van der Waals surface area contributed by atoms with Crippen molar-refractivity contribution < 1.29 is 17.9 Å². The van der Waals surface area contributed by atoms with Crippen LogP contribution >= 0.6 is 0 Å². The number of aromatic nitrogens is 2. The Balaban J connectivity index is 1.64. The highest BCUT2D eigenvalue weighted by Gasteiger charge is 2.17. The fourth-order valence-corrected chi connectivity index (χ4v) is 4.36. The average molecular weight is 421 g/mol. The van der Waals surface area contributed by atoms with Crippen molar-refractivity contribution in [3.8, 4) is 23.1 Å². The molecule has 0 saturated heterocycles. The van der Waals surface area contributed by atoms with E-state index in [-0.39, 0.29) is 4.90 Å². The summed E-state index contributed by atoms with van der Waals surface area (Å²) in [6.45, 7) is 0. The van der Waals surface area contributed by atoms with Crippen LogP contribution in [0.3, 0.4) is 0 Å². The van der Waals surface area contributed by atoms with Gasteiger partial charge in [0, 0.05) is 16.6 Å². The third-order valence-electron chi connectivity index (χ3n) is 4.53. The number of methoxy groups -OCH3 is 2. The molecule has 0 amide bonds. The van der Waals surface area contributed by atoms with Crippen LogP contribution in [0.4, 0.5) is 5.69 Å². The van der Waals surface area contributed by atoms with Gasteiger partial charge in [-0.3, -0.25) is 4.72 Å². The maximum Gasteiger partial charge on any atom is 0.262 e. The lowest BCUT2D eigenvalue weighted by atomic mass is 10.1. The van der Waals surface area contributed by atoms with Crippen LogP contribution in [0.25, 0.3) is 22.2 Å². The molecule has 1 N–H and O–H groups in total. The number of nitrogens with zero attached hydrogens (tertiary/aromatic N) is 2. The van der Waals surface area contributed by atoms with E-state index in [1.807, 2.05) is 24.3 Å². The smallest absolute Gasteiger partial charge is 0.262 e. The van der Waals surface area contributed by atoms with E-state index in [2.05, 4.69) is 14.7 Å². The van der Waals surface area contributed by atoms with Gasteiger partial charge in [0.2, 0.25) is 11.8 Å². The Morgan fingerprint density at radius 3 is 2.10 bits per heavy atom. The minimum absolute atomic E-state index is 0.227. The monoisotopic (exact) mass is 421 g/mol. The van der Waals surface area contributed by atoms with Crippen molar-refractivity contribution in [3.05, 3.63) is 72.8 Å². The Kier molecular flexibility index (Phi) is 5.24. The molecule has 0 bridgehead atoms. The van der Waals surface area contributed by atoms with Gasteiger partial charge < -0.3 is 9.47 Å². The lowest BCUT2D eigenvalue weighted by Gasteiger charge is -2.11. The first-order chi connectivity index (χ1) is 14.5. The van der Waals surface area contributed by atoms with E-state index in [1.54, 1.807) is 48.5 Å². The predicted molar refractivity (Wildman–Crippen MR) is 115 cm³/mol. The van der Waals surface area contributed by atoms with Crippen molar-refractivity contribution in [3.63, 3.8) is 0 Å². The van der Waals surface area contributed by atoms with Gasteiger partial charge in [0.25, 0.3) is 10.0 Å². The number of rotatable bonds is 6. The number of fused-ring (bicyclic) bond motifs is 1. The maximum atomic E-state index is 13.0. The first kappa shape index (κ1) is 19.7. The van der Waals surface area contributed by atoms with E-state index in [1.165, 1.54) is 14.2 Å². The fourth-order valence-electron chi connectivity index (χ4n) is 3.07. The molecule has 4 aromatic rings. The van der Waals surface area contributed by atoms with Crippen LogP contribution in [-0.2, 0) is 10.0 Å². The summed E-state index contributed by atoms with van der Waals surface area (Å²) in [4.78, 5) is 8.84. The highest BCUT2D eigenvalue weighted by Crippen LogP contribution is 2.27. The number of ether oxygens (including phenoxy) is 2. The topological polar surface area (TPSA) is 90.4 Å². The summed E-state index contributed by atoms with van der Waals surface area (Å²) < 4.78 is 38.9. The largest absolute Gasteiger partial charge is 0.481 e. The van der Waals surface area contributed by atoms with Gasteiger partial charge in [0.05, 0.1) is 25.2 Å². The van der Waals surface area contributed by atoms with Gasteiger partial charge in [-0.1, -0.05) is 36.4 Å². The van der Waals surface area contributed by atoms with Gasteiger partial charge in [0.1, 0.15) is 0 Å². The summed E-state index contributed by atoms with van der Waals surface area (Å²) in [6, 6.07) is 20.9. The summed E-state index contributed by atoms with van der Waals surface area (Å²) in [7, 11) is -0.739. The SMILES string of the molecule is COc1cc(OC)nc(-c2ccc(NS(=O)(=O)c3cccc4ccccc34)cc2)n1. The zero-order valence-electron chi connectivity index (χ0n) is 16.4. The van der Waals surface area contributed by atoms with Crippen LogP contribution in [0.1, 0.15) is 0 Å². The van der Waals surface area contributed by atoms with E-state index >= 15 is 0 Å². The lowest BCUT2D eigenvalue weighted by Crippen LogP contribution is -2.13.